The van der Waals surface area contributed by atoms with Crippen molar-refractivity contribution in [1.82, 2.24) is 10.1 Å². The number of nitro groups is 1. The van der Waals surface area contributed by atoms with Crippen LogP contribution in [0.25, 0.3) is 10.7 Å². The van der Waals surface area contributed by atoms with E-state index >= 15 is 0 Å². The van der Waals surface area contributed by atoms with Crippen LogP contribution in [-0.2, 0) is 11.3 Å². The van der Waals surface area contributed by atoms with Crippen LogP contribution in [0.5, 0.6) is 0 Å². The number of non-ortho nitro benzene ring substituents is 1. The molecule has 8 nitrogen and oxygen atoms in total. The van der Waals surface area contributed by atoms with Gasteiger partial charge in [0.15, 0.2) is 6.61 Å². The third kappa shape index (κ3) is 3.40. The molecule has 23 heavy (non-hydrogen) atoms. The molecule has 0 aliphatic carbocycles. The number of ether oxygens (including phenoxy) is 1. The zero-order chi connectivity index (χ0) is 16.2. The van der Waals surface area contributed by atoms with E-state index in [0.717, 1.165) is 10.9 Å². The Morgan fingerprint density at radius 3 is 2.96 bits per heavy atom. The maximum atomic E-state index is 11.9. The highest BCUT2D eigenvalue weighted by atomic mass is 32.1. The predicted octanol–water partition coefficient (Wildman–Crippen LogP) is 3.06. The zero-order valence-electron chi connectivity index (χ0n) is 11.5. The lowest BCUT2D eigenvalue weighted by Crippen LogP contribution is -2.06. The summed E-state index contributed by atoms with van der Waals surface area (Å²) in [7, 11) is 0. The predicted molar refractivity (Wildman–Crippen MR) is 79.8 cm³/mol. The van der Waals surface area contributed by atoms with Crippen LogP contribution in [0.2, 0.25) is 0 Å². The van der Waals surface area contributed by atoms with Crippen LogP contribution in [-0.4, -0.2) is 21.0 Å². The van der Waals surface area contributed by atoms with Crippen molar-refractivity contribution in [2.24, 2.45) is 0 Å². The number of carbonyl (C=O) groups excluding carboxylic acids is 1. The third-order valence-corrected chi connectivity index (χ3v) is 3.69. The van der Waals surface area contributed by atoms with Crippen molar-refractivity contribution in [3.8, 4) is 10.7 Å². The number of hydrogen-bond acceptors (Lipinski definition) is 8. The second-order valence-corrected chi connectivity index (χ2v) is 5.32. The lowest BCUT2D eigenvalue weighted by Gasteiger charge is -2.01. The van der Waals surface area contributed by atoms with Crippen LogP contribution in [0, 0.1) is 10.1 Å². The van der Waals surface area contributed by atoms with E-state index in [1.807, 2.05) is 17.5 Å². The molecule has 0 amide bonds. The lowest BCUT2D eigenvalue weighted by molar-refractivity contribution is -0.384. The summed E-state index contributed by atoms with van der Waals surface area (Å²) >= 11 is 1.46. The molecule has 0 saturated heterocycles. The van der Waals surface area contributed by atoms with Gasteiger partial charge in [0, 0.05) is 12.1 Å². The number of nitrogens with zero attached hydrogens (tertiary/aromatic N) is 3. The highest BCUT2D eigenvalue weighted by molar-refractivity contribution is 7.13. The van der Waals surface area contributed by atoms with Crippen molar-refractivity contribution in [3.05, 3.63) is 63.3 Å². The van der Waals surface area contributed by atoms with Crippen molar-refractivity contribution >= 4 is 23.0 Å². The zero-order valence-corrected chi connectivity index (χ0v) is 12.4. The summed E-state index contributed by atoms with van der Waals surface area (Å²) < 4.78 is 10.0. The SMILES string of the molecule is O=C(OCc1nc(-c2cccs2)no1)c1cccc([N+](=O)[O-])c1. The van der Waals surface area contributed by atoms with Gasteiger partial charge in [-0.1, -0.05) is 17.3 Å². The minimum atomic E-state index is -0.704. The first-order valence-corrected chi connectivity index (χ1v) is 7.29. The first-order valence-electron chi connectivity index (χ1n) is 6.41. The van der Waals surface area contributed by atoms with E-state index in [2.05, 4.69) is 10.1 Å². The monoisotopic (exact) mass is 331 g/mol. The van der Waals surface area contributed by atoms with Gasteiger partial charge in [-0.15, -0.1) is 11.3 Å². The van der Waals surface area contributed by atoms with Crippen molar-refractivity contribution in [1.29, 1.82) is 0 Å². The Balaban J connectivity index is 1.65. The first-order chi connectivity index (χ1) is 11.1. The molecule has 2 heterocycles. The number of benzene rings is 1. The Morgan fingerprint density at radius 2 is 2.22 bits per heavy atom. The van der Waals surface area contributed by atoms with Gasteiger partial charge in [-0.2, -0.15) is 4.98 Å². The molecular weight excluding hydrogens is 322 g/mol. The summed E-state index contributed by atoms with van der Waals surface area (Å²) in [6, 6.07) is 8.98. The number of carbonyl (C=O) groups is 1. The van der Waals surface area contributed by atoms with Crippen molar-refractivity contribution < 1.29 is 19.0 Å². The van der Waals surface area contributed by atoms with E-state index in [1.165, 1.54) is 29.5 Å². The highest BCUT2D eigenvalue weighted by Gasteiger charge is 2.15. The van der Waals surface area contributed by atoms with E-state index in [0.29, 0.717) is 5.82 Å². The maximum Gasteiger partial charge on any atom is 0.338 e. The molecule has 0 radical (unpaired) electrons. The summed E-state index contributed by atoms with van der Waals surface area (Å²) in [4.78, 5) is 27.0. The summed E-state index contributed by atoms with van der Waals surface area (Å²) in [5.41, 5.74) is -0.102. The van der Waals surface area contributed by atoms with Crippen molar-refractivity contribution in [2.75, 3.05) is 0 Å². The molecule has 0 aliphatic heterocycles. The summed E-state index contributed by atoms with van der Waals surface area (Å²) in [6.07, 6.45) is 0. The molecule has 9 heteroatoms. The molecule has 0 fully saturated rings. The van der Waals surface area contributed by atoms with Crippen LogP contribution >= 0.6 is 11.3 Å². The first kappa shape index (κ1) is 14.9. The molecular formula is C14H9N3O5S. The third-order valence-electron chi connectivity index (χ3n) is 2.83. The van der Waals surface area contributed by atoms with E-state index in [1.54, 1.807) is 0 Å². The van der Waals surface area contributed by atoms with Crippen LogP contribution in [0.1, 0.15) is 16.2 Å². The lowest BCUT2D eigenvalue weighted by atomic mass is 10.2. The van der Waals surface area contributed by atoms with E-state index < -0.39 is 10.9 Å². The molecule has 0 atom stereocenters. The molecule has 3 rings (SSSR count). The van der Waals surface area contributed by atoms with Gasteiger partial charge >= 0.3 is 5.97 Å². The van der Waals surface area contributed by atoms with E-state index in [-0.39, 0.29) is 23.7 Å². The smallest absolute Gasteiger partial charge is 0.338 e. The van der Waals surface area contributed by atoms with Gasteiger partial charge in [0.05, 0.1) is 15.4 Å². The molecule has 0 spiro atoms. The molecule has 3 aromatic rings. The Labute approximate surface area is 133 Å². The van der Waals surface area contributed by atoms with Crippen LogP contribution in [0.4, 0.5) is 5.69 Å². The van der Waals surface area contributed by atoms with Gasteiger partial charge in [-0.25, -0.2) is 4.79 Å². The van der Waals surface area contributed by atoms with Crippen molar-refractivity contribution in [3.63, 3.8) is 0 Å². The topological polar surface area (TPSA) is 108 Å². The molecule has 2 aromatic heterocycles. The van der Waals surface area contributed by atoms with Crippen LogP contribution in [0.3, 0.4) is 0 Å². The normalized spacial score (nSPS) is 10.4. The minimum absolute atomic E-state index is 0.0807. The number of nitro benzene ring substituents is 1. The molecule has 0 unspecified atom stereocenters. The molecule has 0 saturated carbocycles. The minimum Gasteiger partial charge on any atom is -0.452 e. The Morgan fingerprint density at radius 1 is 1.35 bits per heavy atom. The fourth-order valence-corrected chi connectivity index (χ4v) is 2.43. The van der Waals surface area contributed by atoms with Gasteiger partial charge in [0.1, 0.15) is 0 Å². The molecule has 0 bridgehead atoms. The maximum absolute atomic E-state index is 11.9. The largest absolute Gasteiger partial charge is 0.452 e. The Hall–Kier alpha value is -3.07. The van der Waals surface area contributed by atoms with Crippen LogP contribution < -0.4 is 0 Å². The fourth-order valence-electron chi connectivity index (χ4n) is 1.78. The Bertz CT molecular complexity index is 844. The molecule has 0 N–H and O–H groups in total. The molecule has 0 aliphatic rings. The van der Waals surface area contributed by atoms with Crippen LogP contribution in [0.15, 0.2) is 46.3 Å². The summed E-state index contributed by atoms with van der Waals surface area (Å²) in [5, 5.41) is 16.4. The number of aromatic nitrogens is 2. The van der Waals surface area contributed by atoms with E-state index in [9.17, 15) is 14.9 Å². The van der Waals surface area contributed by atoms with Gasteiger partial charge in [-0.05, 0) is 17.5 Å². The number of hydrogen-bond donors (Lipinski definition) is 0. The Kier molecular flexibility index (Phi) is 4.11. The fraction of sp³-hybridized carbons (Fsp3) is 0.0714. The second-order valence-electron chi connectivity index (χ2n) is 4.37. The summed E-state index contributed by atoms with van der Waals surface area (Å²) in [6.45, 7) is -0.208. The van der Waals surface area contributed by atoms with E-state index in [4.69, 9.17) is 9.26 Å². The number of rotatable bonds is 5. The standard InChI is InChI=1S/C14H9N3O5S/c18-14(9-3-1-4-10(7-9)17(19)20)21-8-12-15-13(16-22-12)11-5-2-6-23-11/h1-7H,8H2. The van der Waals surface area contributed by atoms with Gasteiger partial charge < -0.3 is 9.26 Å². The summed E-state index contributed by atoms with van der Waals surface area (Å²) in [5.74, 6) is -0.141. The van der Waals surface area contributed by atoms with Gasteiger partial charge in [-0.3, -0.25) is 10.1 Å². The molecule has 116 valence electrons. The van der Waals surface area contributed by atoms with Crippen molar-refractivity contribution in [2.45, 2.75) is 6.61 Å². The number of thiophene rings is 1. The average molecular weight is 331 g/mol. The van der Waals surface area contributed by atoms with Gasteiger partial charge in [0.25, 0.3) is 11.6 Å². The quantitative estimate of drug-likeness (QED) is 0.401. The van der Waals surface area contributed by atoms with Gasteiger partial charge in [0.2, 0.25) is 5.82 Å². The molecule has 1 aromatic carbocycles. The highest BCUT2D eigenvalue weighted by Crippen LogP contribution is 2.21. The average Bonchev–Trinajstić information content (AvgIpc) is 3.23. The number of esters is 1. The second kappa shape index (κ2) is 6.36.